The molecule has 1 aromatic carbocycles. The quantitative estimate of drug-likeness (QED) is 0.942. The van der Waals surface area contributed by atoms with E-state index in [9.17, 15) is 18.0 Å². The van der Waals surface area contributed by atoms with Gasteiger partial charge in [-0.3, -0.25) is 0 Å². The Labute approximate surface area is 112 Å². The highest BCUT2D eigenvalue weighted by Gasteiger charge is 2.37. The lowest BCUT2D eigenvalue weighted by molar-refractivity contribution is -0.142. The zero-order chi connectivity index (χ0) is 14.9. The van der Waals surface area contributed by atoms with Crippen LogP contribution in [0.3, 0.4) is 0 Å². The van der Waals surface area contributed by atoms with Gasteiger partial charge in [0.15, 0.2) is 5.69 Å². The number of carboxylic acids is 1. The highest BCUT2D eigenvalue weighted by atomic mass is 19.4. The number of benzene rings is 1. The number of carbonyl (C=O) groups is 1. The Hall–Kier alpha value is -2.31. The largest absolute Gasteiger partial charge is 0.476 e. The second kappa shape index (κ2) is 4.99. The Morgan fingerprint density at radius 2 is 1.90 bits per heavy atom. The molecule has 0 saturated heterocycles. The summed E-state index contributed by atoms with van der Waals surface area (Å²) < 4.78 is 39.3. The molecule has 2 aromatic rings. The van der Waals surface area contributed by atoms with Gasteiger partial charge in [-0.15, -0.1) is 0 Å². The highest BCUT2D eigenvalue weighted by Crippen LogP contribution is 2.31. The van der Waals surface area contributed by atoms with E-state index in [0.717, 1.165) is 12.0 Å². The van der Waals surface area contributed by atoms with Gasteiger partial charge in [0.1, 0.15) is 5.69 Å². The molecular weight excluding hydrogens is 273 g/mol. The van der Waals surface area contributed by atoms with Crippen LogP contribution in [-0.4, -0.2) is 20.9 Å². The molecule has 2 rings (SSSR count). The molecule has 20 heavy (non-hydrogen) atoms. The number of aryl methyl sites for hydroxylation is 1. The van der Waals surface area contributed by atoms with Gasteiger partial charge in [-0.05, 0) is 24.1 Å². The average molecular weight is 284 g/mol. The third kappa shape index (κ3) is 2.66. The molecule has 0 amide bonds. The maximum atomic E-state index is 12.9. The van der Waals surface area contributed by atoms with Gasteiger partial charge < -0.3 is 5.11 Å². The van der Waals surface area contributed by atoms with E-state index in [0.29, 0.717) is 10.7 Å². The summed E-state index contributed by atoms with van der Waals surface area (Å²) in [6, 6.07) is 6.84. The number of hydrogen-bond donors (Lipinski definition) is 1. The summed E-state index contributed by atoms with van der Waals surface area (Å²) in [6.45, 7) is 1.92. The van der Waals surface area contributed by atoms with Gasteiger partial charge in [0.05, 0.1) is 5.69 Å². The summed E-state index contributed by atoms with van der Waals surface area (Å²) in [5, 5.41) is 12.3. The molecule has 0 bridgehead atoms. The first-order valence-corrected chi connectivity index (χ1v) is 5.82. The van der Waals surface area contributed by atoms with Crippen LogP contribution in [0.2, 0.25) is 0 Å². The Morgan fingerprint density at radius 3 is 2.35 bits per heavy atom. The molecule has 1 aromatic heterocycles. The van der Waals surface area contributed by atoms with E-state index in [2.05, 4.69) is 5.10 Å². The summed E-state index contributed by atoms with van der Waals surface area (Å²) in [4.78, 5) is 10.8. The van der Waals surface area contributed by atoms with Gasteiger partial charge in [0.25, 0.3) is 0 Å². The molecule has 1 heterocycles. The number of nitrogens with zero attached hydrogens (tertiary/aromatic N) is 2. The second-order valence-electron chi connectivity index (χ2n) is 4.15. The third-order valence-corrected chi connectivity index (χ3v) is 2.81. The number of carboxylic acid groups (broad SMARTS) is 1. The van der Waals surface area contributed by atoms with Crippen LogP contribution < -0.4 is 0 Å². The minimum absolute atomic E-state index is 0.169. The molecule has 7 heteroatoms. The Kier molecular flexibility index (Phi) is 3.52. The van der Waals surface area contributed by atoms with Crippen LogP contribution in [0.1, 0.15) is 28.7 Å². The fourth-order valence-corrected chi connectivity index (χ4v) is 1.76. The summed E-state index contributed by atoms with van der Waals surface area (Å²) in [5.41, 5.74) is -0.619. The van der Waals surface area contributed by atoms with E-state index in [1.165, 1.54) is 12.1 Å². The van der Waals surface area contributed by atoms with Gasteiger partial charge in [-0.25, -0.2) is 9.48 Å². The molecule has 106 valence electrons. The number of aromatic carboxylic acids is 1. The summed E-state index contributed by atoms with van der Waals surface area (Å²) in [6.07, 6.45) is -3.92. The number of hydrogen-bond acceptors (Lipinski definition) is 2. The summed E-state index contributed by atoms with van der Waals surface area (Å²) in [7, 11) is 0. The zero-order valence-corrected chi connectivity index (χ0v) is 10.5. The van der Waals surface area contributed by atoms with E-state index < -0.39 is 23.5 Å². The topological polar surface area (TPSA) is 55.1 Å². The predicted octanol–water partition coefficient (Wildman–Crippen LogP) is 3.15. The lowest BCUT2D eigenvalue weighted by Gasteiger charge is -2.10. The Morgan fingerprint density at radius 1 is 1.30 bits per heavy atom. The van der Waals surface area contributed by atoms with E-state index in [1.807, 2.05) is 6.92 Å². The number of rotatable bonds is 3. The van der Waals surface area contributed by atoms with E-state index in [-0.39, 0.29) is 5.69 Å². The van der Waals surface area contributed by atoms with Crippen molar-refractivity contribution in [3.8, 4) is 5.69 Å². The van der Waals surface area contributed by atoms with Crippen molar-refractivity contribution < 1.29 is 23.1 Å². The van der Waals surface area contributed by atoms with Crippen molar-refractivity contribution in [1.29, 1.82) is 0 Å². The van der Waals surface area contributed by atoms with E-state index in [4.69, 9.17) is 5.11 Å². The van der Waals surface area contributed by atoms with Crippen LogP contribution in [0.4, 0.5) is 13.2 Å². The molecule has 4 nitrogen and oxygen atoms in total. The number of aromatic nitrogens is 2. The Bertz CT molecular complexity index is 630. The SMILES string of the molecule is CCc1ccc(-n2nc(C(=O)O)cc2C(F)(F)F)cc1. The van der Waals surface area contributed by atoms with Crippen molar-refractivity contribution in [3.63, 3.8) is 0 Å². The van der Waals surface area contributed by atoms with Gasteiger partial charge in [0.2, 0.25) is 0 Å². The standard InChI is InChI=1S/C13H11F3N2O2/c1-2-8-3-5-9(6-4-8)18-11(13(14,15)16)7-10(17-18)12(19)20/h3-7H,2H2,1H3,(H,19,20). The number of halogens is 3. The first kappa shape index (κ1) is 14.1. The minimum Gasteiger partial charge on any atom is -0.476 e. The zero-order valence-electron chi connectivity index (χ0n) is 10.5. The van der Waals surface area contributed by atoms with E-state index >= 15 is 0 Å². The first-order chi connectivity index (χ1) is 9.32. The minimum atomic E-state index is -4.68. The predicted molar refractivity (Wildman–Crippen MR) is 64.9 cm³/mol. The molecule has 0 fully saturated rings. The lowest BCUT2D eigenvalue weighted by atomic mass is 10.1. The number of alkyl halides is 3. The maximum absolute atomic E-state index is 12.9. The van der Waals surface area contributed by atoms with Crippen molar-refractivity contribution >= 4 is 5.97 Å². The monoisotopic (exact) mass is 284 g/mol. The van der Waals surface area contributed by atoms with Gasteiger partial charge in [0, 0.05) is 6.07 Å². The molecule has 0 saturated carbocycles. The van der Waals surface area contributed by atoms with Crippen LogP contribution in [0, 0.1) is 0 Å². The molecule has 0 aliphatic heterocycles. The average Bonchev–Trinajstić information content (AvgIpc) is 2.84. The first-order valence-electron chi connectivity index (χ1n) is 5.82. The van der Waals surface area contributed by atoms with Crippen LogP contribution in [0.25, 0.3) is 5.69 Å². The van der Waals surface area contributed by atoms with Crippen LogP contribution in [0.5, 0.6) is 0 Å². The molecule has 0 spiro atoms. The fraction of sp³-hybridized carbons (Fsp3) is 0.231. The molecular formula is C13H11F3N2O2. The lowest BCUT2D eigenvalue weighted by Crippen LogP contribution is -2.13. The van der Waals surface area contributed by atoms with Crippen LogP contribution in [-0.2, 0) is 12.6 Å². The fourth-order valence-electron chi connectivity index (χ4n) is 1.76. The second-order valence-corrected chi connectivity index (χ2v) is 4.15. The normalized spacial score (nSPS) is 11.6. The smallest absolute Gasteiger partial charge is 0.433 e. The van der Waals surface area contributed by atoms with Crippen LogP contribution in [0.15, 0.2) is 30.3 Å². The van der Waals surface area contributed by atoms with Crippen molar-refractivity contribution in [1.82, 2.24) is 9.78 Å². The highest BCUT2D eigenvalue weighted by molar-refractivity contribution is 5.85. The summed E-state index contributed by atoms with van der Waals surface area (Å²) in [5.74, 6) is -1.50. The molecule has 0 aliphatic rings. The Balaban J connectivity index is 2.56. The van der Waals surface area contributed by atoms with Crippen molar-refractivity contribution in [3.05, 3.63) is 47.3 Å². The van der Waals surface area contributed by atoms with E-state index in [1.54, 1.807) is 12.1 Å². The van der Waals surface area contributed by atoms with Crippen molar-refractivity contribution in [2.24, 2.45) is 0 Å². The maximum Gasteiger partial charge on any atom is 0.433 e. The van der Waals surface area contributed by atoms with Crippen molar-refractivity contribution in [2.75, 3.05) is 0 Å². The molecule has 0 atom stereocenters. The van der Waals surface area contributed by atoms with Gasteiger partial charge in [-0.1, -0.05) is 19.1 Å². The molecule has 0 unspecified atom stereocenters. The summed E-state index contributed by atoms with van der Waals surface area (Å²) >= 11 is 0. The molecule has 0 aliphatic carbocycles. The van der Waals surface area contributed by atoms with Gasteiger partial charge in [-0.2, -0.15) is 18.3 Å². The van der Waals surface area contributed by atoms with Gasteiger partial charge >= 0.3 is 12.1 Å². The van der Waals surface area contributed by atoms with Crippen LogP contribution >= 0.6 is 0 Å². The molecule has 0 radical (unpaired) electrons. The van der Waals surface area contributed by atoms with Crippen molar-refractivity contribution in [2.45, 2.75) is 19.5 Å². The third-order valence-electron chi connectivity index (χ3n) is 2.81. The molecule has 1 N–H and O–H groups in total.